The zero-order valence-electron chi connectivity index (χ0n) is 20.6. The Morgan fingerprint density at radius 2 is 0.750 bits per heavy atom. The van der Waals surface area contributed by atoms with E-state index in [-0.39, 0.29) is 9.79 Å². The Morgan fingerprint density at radius 1 is 0.500 bits per heavy atom. The van der Waals surface area contributed by atoms with Crippen molar-refractivity contribution in [3.05, 3.63) is 121 Å². The molecule has 2 heterocycles. The van der Waals surface area contributed by atoms with E-state index in [1.165, 1.54) is 24.3 Å². The molecule has 0 saturated heterocycles. The molecule has 36 heavy (non-hydrogen) atoms. The van der Waals surface area contributed by atoms with E-state index in [4.69, 9.17) is 0 Å². The minimum absolute atomic E-state index is 0.178. The molecule has 0 fully saturated rings. The minimum Gasteiger partial charge on any atom is -0.744 e. The van der Waals surface area contributed by atoms with Crippen molar-refractivity contribution in [2.24, 2.45) is 14.1 Å². The van der Waals surface area contributed by atoms with Crippen LogP contribution in [0, 0.1) is 13.8 Å². The fourth-order valence-electron chi connectivity index (χ4n) is 2.38. The lowest BCUT2D eigenvalue weighted by Gasteiger charge is -2.05. The van der Waals surface area contributed by atoms with Crippen LogP contribution < -0.4 is 9.13 Å². The molecule has 2 aromatic heterocycles. The molecule has 0 radical (unpaired) electrons. The summed E-state index contributed by atoms with van der Waals surface area (Å²) in [5.41, 5.74) is 1.86. The van der Waals surface area contributed by atoms with E-state index in [1.54, 1.807) is 24.3 Å². The van der Waals surface area contributed by atoms with Gasteiger partial charge in [0.2, 0.25) is 0 Å². The lowest BCUT2D eigenvalue weighted by Crippen LogP contribution is -2.25. The number of pyridine rings is 2. The topological polar surface area (TPSA) is 122 Å². The van der Waals surface area contributed by atoms with Crippen LogP contribution in [0.25, 0.3) is 0 Å². The molecule has 0 amide bonds. The average molecular weight is 531 g/mol. The summed E-state index contributed by atoms with van der Waals surface area (Å²) < 4.78 is 66.3. The summed E-state index contributed by atoms with van der Waals surface area (Å²) in [5.74, 6) is 0. The van der Waals surface area contributed by atoms with E-state index in [2.05, 4.69) is 0 Å². The molecule has 4 aromatic rings. The van der Waals surface area contributed by atoms with E-state index >= 15 is 0 Å². The fraction of sp³-hybridized carbons (Fsp3) is 0.154. The predicted molar refractivity (Wildman–Crippen MR) is 134 cm³/mol. The van der Waals surface area contributed by atoms with Crippen molar-refractivity contribution in [3.63, 3.8) is 0 Å². The summed E-state index contributed by atoms with van der Waals surface area (Å²) in [6.07, 6.45) is 8.00. The third kappa shape index (κ3) is 13.4. The normalized spacial score (nSPS) is 10.4. The van der Waals surface area contributed by atoms with Gasteiger partial charge in [0.25, 0.3) is 0 Å². The molecule has 10 heteroatoms. The largest absolute Gasteiger partial charge is 0.744 e. The van der Waals surface area contributed by atoms with Gasteiger partial charge in [0.05, 0.1) is 9.79 Å². The first kappa shape index (κ1) is 30.6. The van der Waals surface area contributed by atoms with Gasteiger partial charge in [-0.05, 0) is 38.1 Å². The Morgan fingerprint density at radius 3 is 0.917 bits per heavy atom. The van der Waals surface area contributed by atoms with Crippen molar-refractivity contribution >= 4 is 20.2 Å². The van der Waals surface area contributed by atoms with Crippen molar-refractivity contribution in [2.75, 3.05) is 0 Å². The second kappa shape index (κ2) is 14.8. The number of hydrogen-bond donors (Lipinski definition) is 0. The maximum absolute atomic E-state index is 10.4. The highest BCUT2D eigenvalue weighted by Crippen LogP contribution is 2.09. The Bertz CT molecular complexity index is 1270. The second-order valence-corrected chi connectivity index (χ2v) is 10.4. The van der Waals surface area contributed by atoms with Crippen LogP contribution in [0.1, 0.15) is 11.1 Å². The SMILES string of the molecule is C[n+]1ccccc1.C[n+]1ccccc1.Cc1ccc(S(=O)(=O)[O-])cc1.Cc1ccc(S(=O)(=O)[O-])cc1. The molecule has 8 nitrogen and oxygen atoms in total. The lowest BCUT2D eigenvalue weighted by atomic mass is 10.2. The van der Waals surface area contributed by atoms with Gasteiger partial charge in [-0.3, -0.25) is 0 Å². The molecule has 0 spiro atoms. The van der Waals surface area contributed by atoms with Gasteiger partial charge >= 0.3 is 0 Å². The molecule has 0 aliphatic carbocycles. The molecule has 0 saturated carbocycles. The Hall–Kier alpha value is -3.44. The molecule has 2 aromatic carbocycles. The van der Waals surface area contributed by atoms with Gasteiger partial charge in [-0.1, -0.05) is 47.5 Å². The van der Waals surface area contributed by atoms with Crippen LogP contribution in [0.3, 0.4) is 0 Å². The third-order valence-electron chi connectivity index (χ3n) is 4.35. The van der Waals surface area contributed by atoms with Gasteiger partial charge in [-0.2, -0.15) is 0 Å². The Labute approximate surface area is 213 Å². The molecule has 0 N–H and O–H groups in total. The Balaban J connectivity index is 0.000000245. The first-order valence-corrected chi connectivity index (χ1v) is 13.5. The highest BCUT2D eigenvalue weighted by molar-refractivity contribution is 7.86. The number of hydrogen-bond acceptors (Lipinski definition) is 6. The molecule has 192 valence electrons. The number of rotatable bonds is 2. The number of aromatic nitrogens is 2. The minimum atomic E-state index is -4.27. The number of aryl methyl sites for hydroxylation is 4. The zero-order chi connectivity index (χ0) is 27.2. The van der Waals surface area contributed by atoms with E-state index in [0.29, 0.717) is 0 Å². The summed E-state index contributed by atoms with van der Waals surface area (Å²) in [5, 5.41) is 0. The van der Waals surface area contributed by atoms with Crippen molar-refractivity contribution in [2.45, 2.75) is 23.6 Å². The van der Waals surface area contributed by atoms with Crippen LogP contribution in [0.2, 0.25) is 0 Å². The average Bonchev–Trinajstić information content (AvgIpc) is 2.81. The van der Waals surface area contributed by atoms with Crippen LogP contribution in [0.5, 0.6) is 0 Å². The third-order valence-corrected chi connectivity index (χ3v) is 6.05. The van der Waals surface area contributed by atoms with E-state index in [0.717, 1.165) is 11.1 Å². The molecule has 0 aliphatic heterocycles. The smallest absolute Gasteiger partial charge is 0.168 e. The van der Waals surface area contributed by atoms with Crippen LogP contribution in [0.15, 0.2) is 120 Å². The van der Waals surface area contributed by atoms with Gasteiger partial charge in [-0.25, -0.2) is 26.0 Å². The summed E-state index contributed by atoms with van der Waals surface area (Å²) in [6, 6.07) is 23.6. The molecule has 4 rings (SSSR count). The molecule has 0 unspecified atom stereocenters. The molecule has 0 bridgehead atoms. The van der Waals surface area contributed by atoms with E-state index in [1.807, 2.05) is 98.3 Å². The lowest BCUT2D eigenvalue weighted by molar-refractivity contribution is -0.671. The summed E-state index contributed by atoms with van der Waals surface area (Å²) in [7, 11) is -4.54. The van der Waals surface area contributed by atoms with Crippen LogP contribution >= 0.6 is 0 Å². The summed E-state index contributed by atoms with van der Waals surface area (Å²) in [4.78, 5) is -0.355. The van der Waals surface area contributed by atoms with Crippen molar-refractivity contribution in [1.82, 2.24) is 0 Å². The summed E-state index contributed by atoms with van der Waals surface area (Å²) in [6.45, 7) is 3.64. The van der Waals surface area contributed by atoms with Crippen molar-refractivity contribution < 1.29 is 35.1 Å². The molecular weight excluding hydrogens is 500 g/mol. The first-order chi connectivity index (χ1) is 16.8. The van der Waals surface area contributed by atoms with E-state index in [9.17, 15) is 25.9 Å². The molecule has 0 atom stereocenters. The van der Waals surface area contributed by atoms with Crippen molar-refractivity contribution in [3.8, 4) is 0 Å². The fourth-order valence-corrected chi connectivity index (χ4v) is 3.32. The maximum atomic E-state index is 10.4. The monoisotopic (exact) mass is 530 g/mol. The first-order valence-electron chi connectivity index (χ1n) is 10.6. The quantitative estimate of drug-likeness (QED) is 0.290. The van der Waals surface area contributed by atoms with Crippen LogP contribution in [0.4, 0.5) is 0 Å². The highest BCUT2D eigenvalue weighted by Gasteiger charge is 1.98. The number of nitrogens with zero attached hydrogens (tertiary/aromatic N) is 2. The van der Waals surface area contributed by atoms with Crippen LogP contribution in [-0.2, 0) is 34.3 Å². The van der Waals surface area contributed by atoms with Gasteiger partial charge in [0.1, 0.15) is 34.3 Å². The zero-order valence-corrected chi connectivity index (χ0v) is 22.2. The molecule has 0 aliphatic rings. The van der Waals surface area contributed by atoms with E-state index < -0.39 is 20.2 Å². The highest BCUT2D eigenvalue weighted by atomic mass is 32.2. The van der Waals surface area contributed by atoms with Gasteiger partial charge in [0.15, 0.2) is 24.8 Å². The maximum Gasteiger partial charge on any atom is 0.168 e. The van der Waals surface area contributed by atoms with Gasteiger partial charge in [-0.15, -0.1) is 0 Å². The molecular formula is C26H30N2O6S2. The number of benzene rings is 2. The second-order valence-electron chi connectivity index (χ2n) is 7.62. The van der Waals surface area contributed by atoms with Crippen LogP contribution in [-0.4, -0.2) is 25.9 Å². The standard InChI is InChI=1S/2C7H8O3S.2C6H8N/c2*1-6-2-4-7(5-3-6)11(8,9)10;2*1-7-5-3-2-4-6-7/h2*2-5H,1H3,(H,8,9,10);2*2-6H,1H3/q;;2*+1/p-2. The Kier molecular flexibility index (Phi) is 12.6. The van der Waals surface area contributed by atoms with Gasteiger partial charge < -0.3 is 9.11 Å². The van der Waals surface area contributed by atoms with Crippen molar-refractivity contribution in [1.29, 1.82) is 0 Å². The summed E-state index contributed by atoms with van der Waals surface area (Å²) >= 11 is 0. The van der Waals surface area contributed by atoms with Gasteiger partial charge in [0, 0.05) is 24.3 Å². The predicted octanol–water partition coefficient (Wildman–Crippen LogP) is 2.82.